The van der Waals surface area contributed by atoms with Gasteiger partial charge in [0.15, 0.2) is 0 Å². The van der Waals surface area contributed by atoms with Crippen LogP contribution >= 0.6 is 11.3 Å². The van der Waals surface area contributed by atoms with Crippen LogP contribution < -0.4 is 10.6 Å². The third-order valence-electron chi connectivity index (χ3n) is 4.23. The first-order valence-corrected chi connectivity index (χ1v) is 9.26. The van der Waals surface area contributed by atoms with E-state index in [1.54, 1.807) is 25.2 Å². The molecule has 2 aromatic rings. The van der Waals surface area contributed by atoms with Gasteiger partial charge in [0.1, 0.15) is 11.1 Å². The summed E-state index contributed by atoms with van der Waals surface area (Å²) in [6.45, 7) is 3.42. The smallest absolute Gasteiger partial charge is 0.441 e. The van der Waals surface area contributed by atoms with Gasteiger partial charge < -0.3 is 15.4 Å². The second kappa shape index (κ2) is 8.53. The number of thiophene rings is 1. The number of alkyl halides is 3. The zero-order valence-corrected chi connectivity index (χ0v) is 16.6. The van der Waals surface area contributed by atoms with Gasteiger partial charge in [0, 0.05) is 10.4 Å². The molecule has 2 rings (SSSR count). The van der Waals surface area contributed by atoms with Crippen molar-refractivity contribution in [2.45, 2.75) is 32.1 Å². The number of rotatable bonds is 6. The molecule has 0 aliphatic rings. The van der Waals surface area contributed by atoms with E-state index < -0.39 is 23.7 Å². The number of nitriles is 1. The Morgan fingerprint density at radius 1 is 1.24 bits per heavy atom. The minimum Gasteiger partial charge on any atom is -0.466 e. The third kappa shape index (κ3) is 4.19. The summed E-state index contributed by atoms with van der Waals surface area (Å²) in [5, 5.41) is 13.0. The van der Waals surface area contributed by atoms with Crippen LogP contribution in [0.3, 0.4) is 0 Å². The lowest BCUT2D eigenvalue weighted by atomic mass is 10.1. The monoisotopic (exact) mass is 425 g/mol. The molecule has 0 fully saturated rings. The summed E-state index contributed by atoms with van der Waals surface area (Å²) in [5.41, 5.74) is -3.11. The van der Waals surface area contributed by atoms with Gasteiger partial charge >= 0.3 is 17.8 Å². The molecule has 0 aliphatic carbocycles. The molecule has 0 spiro atoms. The lowest BCUT2D eigenvalue weighted by Gasteiger charge is -2.34. The Morgan fingerprint density at radius 3 is 2.34 bits per heavy atom. The van der Waals surface area contributed by atoms with E-state index in [2.05, 4.69) is 10.1 Å². The number of carbonyl (C=O) groups excluding carboxylic acids is 2. The Hall–Kier alpha value is -3.06. The van der Waals surface area contributed by atoms with E-state index in [0.717, 1.165) is 18.4 Å². The quantitative estimate of drug-likeness (QED) is 0.543. The molecule has 154 valence electrons. The molecule has 1 aromatic heterocycles. The topological polar surface area (TPSA) is 91.2 Å². The van der Waals surface area contributed by atoms with Crippen molar-refractivity contribution in [3.8, 4) is 6.07 Å². The average molecular weight is 425 g/mol. The molecular weight excluding hydrogens is 407 g/mol. The van der Waals surface area contributed by atoms with Crippen molar-refractivity contribution in [3.63, 3.8) is 0 Å². The van der Waals surface area contributed by atoms with Gasteiger partial charge in [0.2, 0.25) is 0 Å². The number of ether oxygens (including phenoxy) is 1. The number of nitrogens with zero attached hydrogens (tertiary/aromatic N) is 1. The Kier molecular flexibility index (Phi) is 6.54. The number of amides is 1. The maximum Gasteiger partial charge on any atom is 0.441 e. The zero-order chi connectivity index (χ0) is 21.8. The number of halogens is 3. The zero-order valence-electron chi connectivity index (χ0n) is 15.8. The lowest BCUT2D eigenvalue weighted by molar-refractivity contribution is -0.203. The van der Waals surface area contributed by atoms with Gasteiger partial charge in [-0.05, 0) is 31.0 Å². The van der Waals surface area contributed by atoms with Crippen LogP contribution in [-0.2, 0) is 16.0 Å². The first-order valence-electron chi connectivity index (χ1n) is 8.44. The fraction of sp³-hybridized carbons (Fsp3) is 0.316. The molecule has 6 nitrogen and oxygen atoms in total. The fourth-order valence-corrected chi connectivity index (χ4v) is 3.91. The highest BCUT2D eigenvalue weighted by molar-refractivity contribution is 7.16. The van der Waals surface area contributed by atoms with Gasteiger partial charge in [0.25, 0.3) is 5.91 Å². The van der Waals surface area contributed by atoms with Crippen molar-refractivity contribution < 1.29 is 27.5 Å². The fourth-order valence-electron chi connectivity index (χ4n) is 2.76. The van der Waals surface area contributed by atoms with Crippen LogP contribution in [0.25, 0.3) is 0 Å². The van der Waals surface area contributed by atoms with Gasteiger partial charge in [0.05, 0.1) is 12.7 Å². The van der Waals surface area contributed by atoms with Crippen molar-refractivity contribution >= 4 is 28.2 Å². The highest BCUT2D eigenvalue weighted by atomic mass is 32.1. The van der Waals surface area contributed by atoms with E-state index >= 15 is 0 Å². The SMILES string of the molecule is CCc1c(C)sc(N[C@@](NC(=O)c2ccccc2)(C(=O)OC)C(F)(F)F)c1C#N. The first-order chi connectivity index (χ1) is 13.6. The predicted octanol–water partition coefficient (Wildman–Crippen LogP) is 3.76. The van der Waals surface area contributed by atoms with Gasteiger partial charge in [-0.2, -0.15) is 18.4 Å². The van der Waals surface area contributed by atoms with Crippen LogP contribution in [0.5, 0.6) is 0 Å². The van der Waals surface area contributed by atoms with Crippen LogP contribution in [0.2, 0.25) is 0 Å². The van der Waals surface area contributed by atoms with E-state index in [4.69, 9.17) is 0 Å². The maximum atomic E-state index is 14.1. The second-order valence-electron chi connectivity index (χ2n) is 5.99. The second-order valence-corrected chi connectivity index (χ2v) is 7.22. The number of hydrogen-bond donors (Lipinski definition) is 2. The number of carbonyl (C=O) groups is 2. The van der Waals surface area contributed by atoms with Gasteiger partial charge in [-0.3, -0.25) is 4.79 Å². The molecule has 0 unspecified atom stereocenters. The largest absolute Gasteiger partial charge is 0.466 e. The highest BCUT2D eigenvalue weighted by Crippen LogP contribution is 2.39. The van der Waals surface area contributed by atoms with E-state index in [1.807, 2.05) is 6.07 Å². The van der Waals surface area contributed by atoms with Crippen LogP contribution in [0.15, 0.2) is 30.3 Å². The number of esters is 1. The summed E-state index contributed by atoms with van der Waals surface area (Å²) in [7, 11) is 0.779. The van der Waals surface area contributed by atoms with E-state index in [0.29, 0.717) is 16.9 Å². The van der Waals surface area contributed by atoms with E-state index in [9.17, 15) is 28.0 Å². The lowest BCUT2D eigenvalue weighted by Crippen LogP contribution is -2.69. The summed E-state index contributed by atoms with van der Waals surface area (Å²) >= 11 is 0.891. The first kappa shape index (κ1) is 22.2. The highest BCUT2D eigenvalue weighted by Gasteiger charge is 2.64. The Labute approximate surface area is 169 Å². The van der Waals surface area contributed by atoms with Crippen LogP contribution in [0.1, 0.15) is 33.3 Å². The predicted molar refractivity (Wildman–Crippen MR) is 101 cm³/mol. The molecule has 2 N–H and O–H groups in total. The molecule has 1 amide bonds. The number of aryl methyl sites for hydroxylation is 1. The van der Waals surface area contributed by atoms with Gasteiger partial charge in [-0.25, -0.2) is 4.79 Å². The van der Waals surface area contributed by atoms with Crippen LogP contribution in [0.4, 0.5) is 18.2 Å². The minimum atomic E-state index is -5.28. The number of anilines is 1. The molecular formula is C19H18F3N3O3S. The van der Waals surface area contributed by atoms with Crippen molar-refractivity contribution in [3.05, 3.63) is 51.9 Å². The Balaban J connectivity index is 2.61. The normalized spacial score (nSPS) is 13.1. The number of methoxy groups -OCH3 is 1. The molecule has 29 heavy (non-hydrogen) atoms. The molecule has 1 heterocycles. The van der Waals surface area contributed by atoms with Crippen LogP contribution in [-0.4, -0.2) is 30.8 Å². The Morgan fingerprint density at radius 2 is 1.86 bits per heavy atom. The molecule has 1 atom stereocenters. The van der Waals surface area contributed by atoms with Crippen molar-refractivity contribution in [2.75, 3.05) is 12.4 Å². The number of hydrogen-bond acceptors (Lipinski definition) is 6. The molecule has 0 bridgehead atoms. The molecule has 10 heteroatoms. The molecule has 0 saturated carbocycles. The summed E-state index contributed by atoms with van der Waals surface area (Å²) < 4.78 is 46.8. The van der Waals surface area contributed by atoms with Crippen molar-refractivity contribution in [2.24, 2.45) is 0 Å². The Bertz CT molecular complexity index is 951. The molecule has 1 aromatic carbocycles. The van der Waals surface area contributed by atoms with Gasteiger partial charge in [-0.15, -0.1) is 11.3 Å². The van der Waals surface area contributed by atoms with Gasteiger partial charge in [-0.1, -0.05) is 25.1 Å². The summed E-state index contributed by atoms with van der Waals surface area (Å²) in [6, 6.07) is 9.01. The standard InChI is InChI=1S/C19H18F3N3O3S/c1-4-13-11(2)29-16(14(13)10-23)25-18(17(27)28-3,19(20,21)22)24-15(26)12-8-6-5-7-9-12/h5-9,25H,4H2,1-3H3,(H,24,26)/t18-/m0/s1. The van der Waals surface area contributed by atoms with E-state index in [-0.39, 0.29) is 16.1 Å². The molecule has 0 aliphatic heterocycles. The van der Waals surface area contributed by atoms with E-state index in [1.165, 1.54) is 24.3 Å². The average Bonchev–Trinajstić information content (AvgIpc) is 3.00. The van der Waals surface area contributed by atoms with Crippen molar-refractivity contribution in [1.29, 1.82) is 5.26 Å². The molecule has 0 saturated heterocycles. The summed E-state index contributed by atoms with van der Waals surface area (Å²) in [4.78, 5) is 25.4. The summed E-state index contributed by atoms with van der Waals surface area (Å²) in [6.07, 6.45) is -4.86. The van der Waals surface area contributed by atoms with Crippen molar-refractivity contribution in [1.82, 2.24) is 5.32 Å². The third-order valence-corrected chi connectivity index (χ3v) is 5.29. The number of benzene rings is 1. The maximum absolute atomic E-state index is 14.1. The van der Waals surface area contributed by atoms with Crippen LogP contribution in [0, 0.1) is 18.3 Å². The number of nitrogens with one attached hydrogen (secondary N) is 2. The minimum absolute atomic E-state index is 0.0125. The summed E-state index contributed by atoms with van der Waals surface area (Å²) in [5.74, 6) is -2.90. The molecule has 0 radical (unpaired) electrons.